The first-order valence-corrected chi connectivity index (χ1v) is 9.45. The number of ether oxygens (including phenoxy) is 2. The van der Waals surface area contributed by atoms with Crippen LogP contribution in [0.5, 0.6) is 5.75 Å². The molecule has 1 atom stereocenters. The van der Waals surface area contributed by atoms with Gasteiger partial charge in [-0.1, -0.05) is 6.92 Å². The molecule has 1 aliphatic heterocycles. The molecule has 0 bridgehead atoms. The highest BCUT2D eigenvalue weighted by Crippen LogP contribution is 2.34. The minimum atomic E-state index is -1.59. The number of hydrogen-bond donors (Lipinski definition) is 2. The van der Waals surface area contributed by atoms with E-state index in [4.69, 9.17) is 14.1 Å². The minimum absolute atomic E-state index is 0.187. The van der Waals surface area contributed by atoms with Gasteiger partial charge in [0.2, 0.25) is 12.7 Å². The summed E-state index contributed by atoms with van der Waals surface area (Å²) in [6.07, 6.45) is 0.451. The molecule has 0 aliphatic carbocycles. The maximum absolute atomic E-state index is 14.3. The predicted octanol–water partition coefficient (Wildman–Crippen LogP) is 1.91. The fourth-order valence-corrected chi connectivity index (χ4v) is 2.71. The van der Waals surface area contributed by atoms with Crippen LogP contribution in [0.4, 0.5) is 8.78 Å². The van der Waals surface area contributed by atoms with Gasteiger partial charge in [0.05, 0.1) is 11.4 Å². The molecule has 0 spiro atoms. The molecule has 8 nitrogen and oxygen atoms in total. The molecule has 1 aromatic carbocycles. The summed E-state index contributed by atoms with van der Waals surface area (Å²) in [5, 5.41) is 12.7. The Balaban J connectivity index is 2.20. The smallest absolute Gasteiger partial charge is 0.534 e. The van der Waals surface area contributed by atoms with Crippen molar-refractivity contribution in [1.29, 1.82) is 0 Å². The highest BCUT2D eigenvalue weighted by molar-refractivity contribution is 6.47. The Morgan fingerprint density at radius 1 is 1.30 bits per heavy atom. The van der Waals surface area contributed by atoms with Crippen LogP contribution in [0.25, 0.3) is 0 Å². The third kappa shape index (κ3) is 5.47. The van der Waals surface area contributed by atoms with E-state index >= 15 is 0 Å². The van der Waals surface area contributed by atoms with Gasteiger partial charge in [0.25, 0.3) is 0 Å². The van der Waals surface area contributed by atoms with E-state index in [-0.39, 0.29) is 24.3 Å². The van der Waals surface area contributed by atoms with E-state index in [0.29, 0.717) is 12.5 Å². The Bertz CT molecular complexity index is 841. The molecule has 2 N–H and O–H groups in total. The van der Waals surface area contributed by atoms with E-state index < -0.39 is 60.2 Å². The maximum atomic E-state index is 14.3. The number of hydrogen-bond acceptors (Lipinski definition) is 7. The highest BCUT2D eigenvalue weighted by Gasteiger charge is 2.40. The van der Waals surface area contributed by atoms with Gasteiger partial charge < -0.3 is 24.5 Å². The average Bonchev–Trinajstić information content (AvgIpc) is 2.65. The van der Waals surface area contributed by atoms with E-state index in [0.717, 1.165) is 0 Å². The first-order chi connectivity index (χ1) is 14.0. The van der Waals surface area contributed by atoms with Crippen molar-refractivity contribution >= 4 is 25.0 Å². The van der Waals surface area contributed by atoms with E-state index in [1.807, 2.05) is 0 Å². The van der Waals surface area contributed by atoms with Crippen LogP contribution >= 0.6 is 0 Å². The van der Waals surface area contributed by atoms with Crippen molar-refractivity contribution in [3.63, 3.8) is 0 Å². The van der Waals surface area contributed by atoms with Crippen molar-refractivity contribution in [2.45, 2.75) is 52.9 Å². The molecule has 0 radical (unpaired) electrons. The second-order valence-corrected chi connectivity index (χ2v) is 7.90. The molecule has 11 heteroatoms. The third-order valence-electron chi connectivity index (χ3n) is 4.31. The number of esters is 2. The van der Waals surface area contributed by atoms with E-state index in [1.165, 1.54) is 0 Å². The Morgan fingerprint density at radius 2 is 1.97 bits per heavy atom. The van der Waals surface area contributed by atoms with Gasteiger partial charge in [0, 0.05) is 12.0 Å². The zero-order chi connectivity index (χ0) is 22.6. The van der Waals surface area contributed by atoms with Crippen molar-refractivity contribution in [2.75, 3.05) is 6.79 Å². The third-order valence-corrected chi connectivity index (χ3v) is 4.31. The molecule has 30 heavy (non-hydrogen) atoms. The molecule has 2 rings (SSSR count). The van der Waals surface area contributed by atoms with Crippen LogP contribution in [0.1, 0.15) is 56.5 Å². The minimum Gasteiger partial charge on any atom is -0.534 e. The normalized spacial score (nSPS) is 15.7. The Morgan fingerprint density at radius 3 is 2.57 bits per heavy atom. The summed E-state index contributed by atoms with van der Waals surface area (Å²) in [6.45, 7) is 5.87. The standard InChI is InChI=1S/C19H24BF2NO7/c1-5-6-14(24)23-13-8-10-15(22)12(21)7-11(16(10)30-20(13)27)17(25)28-9-29-18(26)19(2,3)4/h7,13,27H,5-6,8-9H2,1-4H3,(H,23,24)/t13-/m0/s1. The molecule has 0 saturated carbocycles. The molecule has 0 fully saturated rings. The van der Waals surface area contributed by atoms with Crippen molar-refractivity contribution in [3.8, 4) is 5.75 Å². The van der Waals surface area contributed by atoms with E-state index in [9.17, 15) is 28.2 Å². The van der Waals surface area contributed by atoms with Gasteiger partial charge in [-0.15, -0.1) is 0 Å². The van der Waals surface area contributed by atoms with Crippen LogP contribution < -0.4 is 9.97 Å². The second kappa shape index (κ2) is 9.42. The monoisotopic (exact) mass is 427 g/mol. The lowest BCUT2D eigenvalue weighted by molar-refractivity contribution is -0.161. The number of carbonyl (C=O) groups excluding carboxylic acids is 3. The van der Waals surface area contributed by atoms with Gasteiger partial charge in [-0.05, 0) is 39.7 Å². The summed E-state index contributed by atoms with van der Waals surface area (Å²) in [7, 11) is -1.59. The van der Waals surface area contributed by atoms with Crippen LogP contribution in [0.3, 0.4) is 0 Å². The lowest BCUT2D eigenvalue weighted by Gasteiger charge is -2.29. The number of fused-ring (bicyclic) bond motifs is 1. The molecule has 1 heterocycles. The Labute approximate surface area is 173 Å². The van der Waals surface area contributed by atoms with Crippen molar-refractivity contribution < 1.29 is 42.3 Å². The quantitative estimate of drug-likeness (QED) is 0.405. The van der Waals surface area contributed by atoms with Gasteiger partial charge in [-0.3, -0.25) is 9.59 Å². The van der Waals surface area contributed by atoms with E-state index in [1.54, 1.807) is 27.7 Å². The van der Waals surface area contributed by atoms with Gasteiger partial charge in [0.15, 0.2) is 11.6 Å². The van der Waals surface area contributed by atoms with Crippen LogP contribution in [0.2, 0.25) is 0 Å². The number of amides is 1. The van der Waals surface area contributed by atoms with Gasteiger partial charge >= 0.3 is 19.1 Å². The largest absolute Gasteiger partial charge is 0.547 e. The number of carbonyl (C=O) groups is 3. The SMILES string of the molecule is CCCC(=O)N[C@H]1Cc2c(F)c(F)cc(C(=O)OCOC(=O)C(C)(C)C)c2OB1O. The summed E-state index contributed by atoms with van der Waals surface area (Å²) in [5.41, 5.74) is -1.62. The average molecular weight is 427 g/mol. The number of nitrogens with one attached hydrogen (secondary N) is 1. The fraction of sp³-hybridized carbons (Fsp3) is 0.526. The summed E-state index contributed by atoms with van der Waals surface area (Å²) in [5.74, 6) is -6.15. The lowest BCUT2D eigenvalue weighted by Crippen LogP contribution is -2.53. The predicted molar refractivity (Wildman–Crippen MR) is 101 cm³/mol. The zero-order valence-corrected chi connectivity index (χ0v) is 17.2. The topological polar surface area (TPSA) is 111 Å². The summed E-state index contributed by atoms with van der Waals surface area (Å²) in [6, 6.07) is 0.574. The Kier molecular flexibility index (Phi) is 7.41. The lowest BCUT2D eigenvalue weighted by atomic mass is 9.72. The van der Waals surface area contributed by atoms with Gasteiger partial charge in [0.1, 0.15) is 11.3 Å². The molecule has 0 saturated heterocycles. The number of benzene rings is 1. The fourth-order valence-electron chi connectivity index (χ4n) is 2.71. The molecule has 1 amide bonds. The van der Waals surface area contributed by atoms with Crippen LogP contribution in [-0.2, 0) is 25.5 Å². The highest BCUT2D eigenvalue weighted by atomic mass is 19.2. The summed E-state index contributed by atoms with van der Waals surface area (Å²) in [4.78, 5) is 35.8. The molecule has 164 valence electrons. The number of halogens is 2. The van der Waals surface area contributed by atoms with Crippen molar-refractivity contribution in [3.05, 3.63) is 28.8 Å². The zero-order valence-electron chi connectivity index (χ0n) is 17.2. The van der Waals surface area contributed by atoms with Gasteiger partial charge in [-0.2, -0.15) is 0 Å². The van der Waals surface area contributed by atoms with Crippen LogP contribution in [0.15, 0.2) is 6.07 Å². The molecule has 1 aromatic rings. The van der Waals surface area contributed by atoms with Crippen LogP contribution in [0, 0.1) is 17.0 Å². The summed E-state index contributed by atoms with van der Waals surface area (Å²) < 4.78 is 43.2. The first kappa shape index (κ1) is 23.6. The van der Waals surface area contributed by atoms with Crippen LogP contribution in [-0.4, -0.2) is 42.7 Å². The number of rotatable bonds is 6. The molecule has 0 unspecified atom stereocenters. The van der Waals surface area contributed by atoms with Crippen molar-refractivity contribution in [1.82, 2.24) is 5.32 Å². The molecular weight excluding hydrogens is 403 g/mol. The summed E-state index contributed by atoms with van der Waals surface area (Å²) >= 11 is 0. The van der Waals surface area contributed by atoms with E-state index in [2.05, 4.69) is 5.32 Å². The molecule has 1 aliphatic rings. The van der Waals surface area contributed by atoms with Gasteiger partial charge in [-0.25, -0.2) is 13.6 Å². The Hall–Kier alpha value is -2.69. The second-order valence-electron chi connectivity index (χ2n) is 7.90. The van der Waals surface area contributed by atoms with Crippen molar-refractivity contribution in [2.24, 2.45) is 5.41 Å². The molecule has 0 aromatic heterocycles. The maximum Gasteiger partial charge on any atom is 0.547 e. The molecular formula is C19H24BF2NO7. The first-order valence-electron chi connectivity index (χ1n) is 9.45.